The average molecular weight is 363 g/mol. The van der Waals surface area contributed by atoms with E-state index < -0.39 is 35.9 Å². The second kappa shape index (κ2) is 8.76. The zero-order valence-electron chi connectivity index (χ0n) is 14.1. The Morgan fingerprint density at radius 1 is 1.08 bits per heavy atom. The first kappa shape index (κ1) is 19.1. The number of carbonyl (C=O) groups is 3. The van der Waals surface area contributed by atoms with Crippen molar-refractivity contribution in [1.82, 2.24) is 30.6 Å². The number of hydrogen-bond donors (Lipinski definition) is 6. The smallest absolute Gasteiger partial charge is 0.326 e. The summed E-state index contributed by atoms with van der Waals surface area (Å²) < 4.78 is 0. The number of nitrogens with two attached hydrogens (primary N) is 1. The van der Waals surface area contributed by atoms with Gasteiger partial charge in [0.2, 0.25) is 11.8 Å². The molecule has 2 aromatic heterocycles. The molecule has 2 rings (SSSR count). The molecule has 0 spiro atoms. The van der Waals surface area contributed by atoms with E-state index in [0.717, 1.165) is 0 Å². The maximum absolute atomic E-state index is 12.2. The molecular weight excluding hydrogens is 342 g/mol. The second-order valence-electron chi connectivity index (χ2n) is 5.77. The third-order valence-electron chi connectivity index (χ3n) is 3.66. The molecular formula is C15H21N7O4. The molecule has 0 aromatic carbocycles. The van der Waals surface area contributed by atoms with Gasteiger partial charge in [-0.3, -0.25) is 9.59 Å². The van der Waals surface area contributed by atoms with E-state index in [1.165, 1.54) is 19.6 Å². The molecule has 2 amide bonds. The minimum atomic E-state index is -1.20. The molecule has 0 unspecified atom stereocenters. The Kier molecular flexibility index (Phi) is 6.44. The third kappa shape index (κ3) is 5.41. The molecule has 140 valence electrons. The Bertz CT molecular complexity index is 729. The predicted octanol–water partition coefficient (Wildman–Crippen LogP) is -1.68. The number of hydrogen-bond acceptors (Lipinski definition) is 6. The number of amides is 2. The number of carbonyl (C=O) groups excluding carboxylic acids is 2. The van der Waals surface area contributed by atoms with Crippen LogP contribution in [0, 0.1) is 0 Å². The lowest BCUT2D eigenvalue weighted by atomic mass is 10.1. The van der Waals surface area contributed by atoms with Gasteiger partial charge in [-0.15, -0.1) is 0 Å². The number of carboxylic acids is 1. The molecule has 11 heteroatoms. The Balaban J connectivity index is 1.86. The van der Waals surface area contributed by atoms with Gasteiger partial charge in [0.05, 0.1) is 30.1 Å². The van der Waals surface area contributed by atoms with Crippen LogP contribution in [0.3, 0.4) is 0 Å². The number of nitrogens with zero attached hydrogens (tertiary/aromatic N) is 2. The number of H-pyrrole nitrogens is 2. The summed E-state index contributed by atoms with van der Waals surface area (Å²) in [4.78, 5) is 49.0. The van der Waals surface area contributed by atoms with E-state index in [1.807, 2.05) is 0 Å². The summed E-state index contributed by atoms with van der Waals surface area (Å²) in [5, 5.41) is 14.1. The highest BCUT2D eigenvalue weighted by molar-refractivity contribution is 5.91. The van der Waals surface area contributed by atoms with Crippen LogP contribution < -0.4 is 16.4 Å². The van der Waals surface area contributed by atoms with Crippen LogP contribution in [0.2, 0.25) is 0 Å². The fourth-order valence-electron chi connectivity index (χ4n) is 2.22. The number of imidazole rings is 2. The second-order valence-corrected chi connectivity index (χ2v) is 5.77. The maximum atomic E-state index is 12.2. The SMILES string of the molecule is C[C@H](NC(=O)[C@@H](N)Cc1c[nH]cn1)C(=O)N[C@@H](Cc1c[nH]cn1)C(=O)O. The monoisotopic (exact) mass is 363 g/mol. The highest BCUT2D eigenvalue weighted by Gasteiger charge is 2.26. The Morgan fingerprint density at radius 3 is 2.15 bits per heavy atom. The van der Waals surface area contributed by atoms with Gasteiger partial charge in [-0.05, 0) is 6.92 Å². The van der Waals surface area contributed by atoms with Gasteiger partial charge in [-0.2, -0.15) is 0 Å². The first-order chi connectivity index (χ1) is 12.4. The summed E-state index contributed by atoms with van der Waals surface area (Å²) in [6.07, 6.45) is 6.28. The van der Waals surface area contributed by atoms with Crippen molar-refractivity contribution in [3.05, 3.63) is 36.4 Å². The summed E-state index contributed by atoms with van der Waals surface area (Å²) in [5.74, 6) is -2.36. The van der Waals surface area contributed by atoms with Crippen molar-refractivity contribution in [2.75, 3.05) is 0 Å². The lowest BCUT2D eigenvalue weighted by molar-refractivity contribution is -0.142. The molecule has 0 radical (unpaired) electrons. The van der Waals surface area contributed by atoms with E-state index in [-0.39, 0.29) is 12.8 Å². The molecule has 3 atom stereocenters. The van der Waals surface area contributed by atoms with Gasteiger partial charge in [0, 0.05) is 25.2 Å². The van der Waals surface area contributed by atoms with E-state index in [9.17, 15) is 19.5 Å². The van der Waals surface area contributed by atoms with Crippen molar-refractivity contribution < 1.29 is 19.5 Å². The number of nitrogens with one attached hydrogen (secondary N) is 4. The largest absolute Gasteiger partial charge is 0.480 e. The van der Waals surface area contributed by atoms with Gasteiger partial charge < -0.3 is 31.4 Å². The fraction of sp³-hybridized carbons (Fsp3) is 0.400. The molecule has 0 aliphatic carbocycles. The van der Waals surface area contributed by atoms with Crippen LogP contribution in [0.1, 0.15) is 18.3 Å². The third-order valence-corrected chi connectivity index (χ3v) is 3.66. The molecule has 0 aliphatic rings. The van der Waals surface area contributed by atoms with Crippen LogP contribution in [0.15, 0.2) is 25.0 Å². The highest BCUT2D eigenvalue weighted by Crippen LogP contribution is 2.01. The number of rotatable bonds is 9. The van der Waals surface area contributed by atoms with E-state index in [2.05, 4.69) is 30.6 Å². The van der Waals surface area contributed by atoms with Gasteiger partial charge in [0.1, 0.15) is 12.1 Å². The number of carboxylic acid groups (broad SMARTS) is 1. The minimum Gasteiger partial charge on any atom is -0.480 e. The standard InChI is InChI=1S/C15H21N7O4/c1-8(21-14(24)11(16)2-9-4-17-6-19-9)13(23)22-12(15(25)26)3-10-5-18-7-20-10/h4-8,11-12H,2-3,16H2,1H3,(H,17,19)(H,18,20)(H,21,24)(H,22,23)(H,25,26)/t8-,11-,12-/m0/s1. The van der Waals surface area contributed by atoms with E-state index in [0.29, 0.717) is 11.4 Å². The van der Waals surface area contributed by atoms with Gasteiger partial charge in [0.25, 0.3) is 0 Å². The molecule has 0 saturated heterocycles. The van der Waals surface area contributed by atoms with Gasteiger partial charge in [-0.1, -0.05) is 0 Å². The highest BCUT2D eigenvalue weighted by atomic mass is 16.4. The van der Waals surface area contributed by atoms with E-state index in [1.54, 1.807) is 12.4 Å². The normalized spacial score (nSPS) is 14.2. The summed E-state index contributed by atoms with van der Waals surface area (Å²) in [6.45, 7) is 1.45. The maximum Gasteiger partial charge on any atom is 0.326 e. The van der Waals surface area contributed by atoms with Crippen LogP contribution >= 0.6 is 0 Å². The van der Waals surface area contributed by atoms with E-state index in [4.69, 9.17) is 5.73 Å². The molecule has 2 heterocycles. The van der Waals surface area contributed by atoms with Crippen LogP contribution in [0.5, 0.6) is 0 Å². The average Bonchev–Trinajstić information content (AvgIpc) is 3.27. The Hall–Kier alpha value is -3.21. The summed E-state index contributed by atoms with van der Waals surface area (Å²) in [7, 11) is 0. The Morgan fingerprint density at radius 2 is 1.65 bits per heavy atom. The van der Waals surface area contributed by atoms with Crippen molar-refractivity contribution >= 4 is 17.8 Å². The fourth-order valence-corrected chi connectivity index (χ4v) is 2.22. The summed E-state index contributed by atoms with van der Waals surface area (Å²) in [6, 6.07) is -3.00. The molecule has 7 N–H and O–H groups in total. The Labute approximate surface area is 148 Å². The lowest BCUT2D eigenvalue weighted by Crippen LogP contribution is -2.54. The van der Waals surface area contributed by atoms with Crippen molar-refractivity contribution in [3.8, 4) is 0 Å². The summed E-state index contributed by atoms with van der Waals surface area (Å²) >= 11 is 0. The number of aromatic amines is 2. The molecule has 26 heavy (non-hydrogen) atoms. The quantitative estimate of drug-likeness (QED) is 0.308. The first-order valence-electron chi connectivity index (χ1n) is 7.91. The zero-order valence-corrected chi connectivity index (χ0v) is 14.1. The number of aromatic nitrogens is 4. The van der Waals surface area contributed by atoms with Crippen LogP contribution in [0.25, 0.3) is 0 Å². The number of aliphatic carboxylic acids is 1. The zero-order chi connectivity index (χ0) is 19.1. The molecule has 0 fully saturated rings. The first-order valence-corrected chi connectivity index (χ1v) is 7.91. The lowest BCUT2D eigenvalue weighted by Gasteiger charge is -2.19. The minimum absolute atomic E-state index is 0.0178. The molecule has 0 aliphatic heterocycles. The van der Waals surface area contributed by atoms with E-state index >= 15 is 0 Å². The molecule has 0 saturated carbocycles. The van der Waals surface area contributed by atoms with Crippen molar-refractivity contribution in [2.24, 2.45) is 5.73 Å². The van der Waals surface area contributed by atoms with Crippen molar-refractivity contribution in [3.63, 3.8) is 0 Å². The molecule has 11 nitrogen and oxygen atoms in total. The van der Waals surface area contributed by atoms with Crippen LogP contribution in [-0.4, -0.2) is 61.0 Å². The topological polar surface area (TPSA) is 179 Å². The van der Waals surface area contributed by atoms with Gasteiger partial charge in [-0.25, -0.2) is 14.8 Å². The molecule has 2 aromatic rings. The predicted molar refractivity (Wildman–Crippen MR) is 89.7 cm³/mol. The summed E-state index contributed by atoms with van der Waals surface area (Å²) in [5.41, 5.74) is 6.91. The van der Waals surface area contributed by atoms with Crippen molar-refractivity contribution in [1.29, 1.82) is 0 Å². The molecule has 0 bridgehead atoms. The van der Waals surface area contributed by atoms with Gasteiger partial charge >= 0.3 is 5.97 Å². The van der Waals surface area contributed by atoms with Gasteiger partial charge in [0.15, 0.2) is 0 Å². The van der Waals surface area contributed by atoms with Crippen LogP contribution in [0.4, 0.5) is 0 Å². The van der Waals surface area contributed by atoms with Crippen molar-refractivity contribution in [2.45, 2.75) is 37.9 Å². The van der Waals surface area contributed by atoms with Crippen LogP contribution in [-0.2, 0) is 27.2 Å².